The van der Waals surface area contributed by atoms with Crippen molar-refractivity contribution >= 4 is 28.2 Å². The molecule has 0 aliphatic heterocycles. The van der Waals surface area contributed by atoms with E-state index in [2.05, 4.69) is 15.5 Å². The molecule has 0 atom stereocenters. The summed E-state index contributed by atoms with van der Waals surface area (Å²) in [6.07, 6.45) is 0.782. The Morgan fingerprint density at radius 2 is 1.54 bits per heavy atom. The van der Waals surface area contributed by atoms with Crippen LogP contribution in [-0.4, -0.2) is 21.9 Å². The third-order valence-corrected chi connectivity index (χ3v) is 4.42. The highest BCUT2D eigenvalue weighted by atomic mass is 32.1. The Morgan fingerprint density at radius 3 is 2.17 bits per heavy atom. The number of aryl methyl sites for hydroxylation is 1. The van der Waals surface area contributed by atoms with Gasteiger partial charge in [0.15, 0.2) is 5.78 Å². The predicted molar refractivity (Wildman–Crippen MR) is 93.6 cm³/mol. The van der Waals surface area contributed by atoms with Crippen LogP contribution in [-0.2, 0) is 6.42 Å². The van der Waals surface area contributed by atoms with Crippen LogP contribution in [0.3, 0.4) is 0 Å². The van der Waals surface area contributed by atoms with Crippen molar-refractivity contribution in [3.8, 4) is 0 Å². The monoisotopic (exact) mass is 337 g/mol. The molecular weight excluding hydrogens is 322 g/mol. The first-order valence-electron chi connectivity index (χ1n) is 7.51. The molecule has 1 N–H and O–H groups in total. The number of benzene rings is 2. The first kappa shape index (κ1) is 16.0. The highest BCUT2D eigenvalue weighted by molar-refractivity contribution is 7.15. The van der Waals surface area contributed by atoms with E-state index >= 15 is 0 Å². The van der Waals surface area contributed by atoms with Gasteiger partial charge in [-0.3, -0.25) is 14.9 Å². The molecule has 3 rings (SSSR count). The molecular formula is C18H15N3O2S. The van der Waals surface area contributed by atoms with E-state index in [-0.39, 0.29) is 11.7 Å². The third kappa shape index (κ3) is 3.55. The second-order valence-electron chi connectivity index (χ2n) is 5.08. The molecule has 0 aliphatic carbocycles. The topological polar surface area (TPSA) is 72.0 Å². The first-order chi connectivity index (χ1) is 11.7. The van der Waals surface area contributed by atoms with Crippen LogP contribution in [0.25, 0.3) is 0 Å². The summed E-state index contributed by atoms with van der Waals surface area (Å²) >= 11 is 1.35. The zero-order valence-corrected chi connectivity index (χ0v) is 13.8. The Labute approximate surface area is 143 Å². The molecule has 0 saturated carbocycles. The van der Waals surface area contributed by atoms with Gasteiger partial charge in [-0.25, -0.2) is 0 Å². The van der Waals surface area contributed by atoms with Gasteiger partial charge in [0.25, 0.3) is 5.91 Å². The largest absolute Gasteiger partial charge is 0.296 e. The average Bonchev–Trinajstić information content (AvgIpc) is 3.09. The van der Waals surface area contributed by atoms with Gasteiger partial charge in [0.1, 0.15) is 5.01 Å². The lowest BCUT2D eigenvalue weighted by Gasteiger charge is -2.04. The fourth-order valence-corrected chi connectivity index (χ4v) is 2.82. The van der Waals surface area contributed by atoms with Crippen LogP contribution in [0.1, 0.15) is 38.2 Å². The van der Waals surface area contributed by atoms with Gasteiger partial charge >= 0.3 is 0 Å². The van der Waals surface area contributed by atoms with E-state index in [4.69, 9.17) is 0 Å². The molecule has 1 amide bonds. The van der Waals surface area contributed by atoms with E-state index in [9.17, 15) is 9.59 Å². The Bertz CT molecular complexity index is 857. The smallest absolute Gasteiger partial charge is 0.257 e. The van der Waals surface area contributed by atoms with Crippen LogP contribution in [0.15, 0.2) is 54.6 Å². The number of anilines is 1. The number of nitrogens with one attached hydrogen (secondary N) is 1. The van der Waals surface area contributed by atoms with Crippen LogP contribution in [0.4, 0.5) is 5.13 Å². The maximum atomic E-state index is 12.3. The number of hydrogen-bond donors (Lipinski definition) is 1. The molecule has 6 heteroatoms. The second kappa shape index (κ2) is 7.14. The summed E-state index contributed by atoms with van der Waals surface area (Å²) in [7, 11) is 0. The summed E-state index contributed by atoms with van der Waals surface area (Å²) in [5.74, 6) is -0.341. The fraction of sp³-hybridized carbons (Fsp3) is 0.111. The van der Waals surface area contributed by atoms with Crippen molar-refractivity contribution in [2.45, 2.75) is 13.3 Å². The van der Waals surface area contributed by atoms with E-state index in [0.717, 1.165) is 11.4 Å². The number of hydrogen-bond acceptors (Lipinski definition) is 5. The lowest BCUT2D eigenvalue weighted by Crippen LogP contribution is -2.12. The van der Waals surface area contributed by atoms with Gasteiger partial charge in [0, 0.05) is 16.7 Å². The molecule has 3 aromatic rings. The standard InChI is InChI=1S/C18H15N3O2S/c1-2-15-20-21-18(24-15)19-17(23)14-10-8-13(9-11-14)16(22)12-6-4-3-5-7-12/h3-11H,2H2,1H3,(H,19,21,23). The number of nitrogens with zero attached hydrogens (tertiary/aromatic N) is 2. The zero-order chi connectivity index (χ0) is 16.9. The number of carbonyl (C=O) groups is 2. The fourth-order valence-electron chi connectivity index (χ4n) is 2.15. The molecule has 1 aromatic heterocycles. The lowest BCUT2D eigenvalue weighted by atomic mass is 10.0. The van der Waals surface area contributed by atoms with Crippen molar-refractivity contribution in [2.24, 2.45) is 0 Å². The van der Waals surface area contributed by atoms with Crippen molar-refractivity contribution in [1.82, 2.24) is 10.2 Å². The van der Waals surface area contributed by atoms with E-state index in [1.165, 1.54) is 11.3 Å². The van der Waals surface area contributed by atoms with Crippen LogP contribution in [0.2, 0.25) is 0 Å². The SMILES string of the molecule is CCc1nnc(NC(=O)c2ccc(C(=O)c3ccccc3)cc2)s1. The van der Waals surface area contributed by atoms with Crippen molar-refractivity contribution < 1.29 is 9.59 Å². The van der Waals surface area contributed by atoms with Gasteiger partial charge in [0.05, 0.1) is 0 Å². The maximum absolute atomic E-state index is 12.3. The molecule has 2 aromatic carbocycles. The normalized spacial score (nSPS) is 10.4. The molecule has 0 radical (unpaired) electrons. The van der Waals surface area contributed by atoms with Crippen molar-refractivity contribution in [3.63, 3.8) is 0 Å². The van der Waals surface area contributed by atoms with Crippen LogP contribution in [0.5, 0.6) is 0 Å². The van der Waals surface area contributed by atoms with Gasteiger partial charge in [-0.15, -0.1) is 10.2 Å². The summed E-state index contributed by atoms with van der Waals surface area (Å²) in [6, 6.07) is 15.6. The number of rotatable bonds is 5. The van der Waals surface area contributed by atoms with Gasteiger partial charge in [0.2, 0.25) is 5.13 Å². The highest BCUT2D eigenvalue weighted by Crippen LogP contribution is 2.17. The molecule has 0 saturated heterocycles. The number of aromatic nitrogens is 2. The Balaban J connectivity index is 1.72. The molecule has 0 unspecified atom stereocenters. The summed E-state index contributed by atoms with van der Waals surface area (Å²) in [4.78, 5) is 24.5. The molecule has 0 aliphatic rings. The van der Waals surface area contributed by atoms with Crippen LogP contribution < -0.4 is 5.32 Å². The second-order valence-corrected chi connectivity index (χ2v) is 6.14. The summed E-state index contributed by atoms with van der Waals surface area (Å²) in [5.41, 5.74) is 1.63. The summed E-state index contributed by atoms with van der Waals surface area (Å²) in [6.45, 7) is 1.98. The summed E-state index contributed by atoms with van der Waals surface area (Å²) in [5, 5.41) is 11.9. The average molecular weight is 337 g/mol. The van der Waals surface area contributed by atoms with Crippen LogP contribution in [0, 0.1) is 0 Å². The molecule has 0 bridgehead atoms. The molecule has 1 heterocycles. The van der Waals surface area contributed by atoms with Crippen molar-refractivity contribution in [1.29, 1.82) is 0 Å². The number of carbonyl (C=O) groups excluding carboxylic acids is 2. The quantitative estimate of drug-likeness (QED) is 0.722. The Kier molecular flexibility index (Phi) is 4.77. The van der Waals surface area contributed by atoms with E-state index < -0.39 is 0 Å². The summed E-state index contributed by atoms with van der Waals surface area (Å²) < 4.78 is 0. The Morgan fingerprint density at radius 1 is 0.917 bits per heavy atom. The third-order valence-electron chi connectivity index (χ3n) is 3.44. The minimum Gasteiger partial charge on any atom is -0.296 e. The molecule has 0 fully saturated rings. The first-order valence-corrected chi connectivity index (χ1v) is 8.32. The Hall–Kier alpha value is -2.86. The van der Waals surface area contributed by atoms with E-state index in [0.29, 0.717) is 21.8 Å². The van der Waals surface area contributed by atoms with Gasteiger partial charge in [-0.05, 0) is 18.6 Å². The van der Waals surface area contributed by atoms with Gasteiger partial charge < -0.3 is 0 Å². The van der Waals surface area contributed by atoms with Gasteiger partial charge in [-0.2, -0.15) is 0 Å². The predicted octanol–water partition coefficient (Wildman–Crippen LogP) is 3.58. The van der Waals surface area contributed by atoms with Gasteiger partial charge in [-0.1, -0.05) is 60.7 Å². The molecule has 24 heavy (non-hydrogen) atoms. The number of ketones is 1. The highest BCUT2D eigenvalue weighted by Gasteiger charge is 2.12. The van der Waals surface area contributed by atoms with E-state index in [1.807, 2.05) is 25.1 Å². The zero-order valence-electron chi connectivity index (χ0n) is 13.0. The molecule has 120 valence electrons. The lowest BCUT2D eigenvalue weighted by molar-refractivity contribution is 0.102. The number of amides is 1. The molecule has 5 nitrogen and oxygen atoms in total. The van der Waals surface area contributed by atoms with Crippen molar-refractivity contribution in [2.75, 3.05) is 5.32 Å². The van der Waals surface area contributed by atoms with E-state index in [1.54, 1.807) is 36.4 Å². The molecule has 0 spiro atoms. The van der Waals surface area contributed by atoms with Crippen LogP contribution >= 0.6 is 11.3 Å². The minimum absolute atomic E-state index is 0.0701. The minimum atomic E-state index is -0.271. The maximum Gasteiger partial charge on any atom is 0.257 e. The van der Waals surface area contributed by atoms with Crippen molar-refractivity contribution in [3.05, 3.63) is 76.3 Å².